The molecule has 8 heteroatoms. The number of hydrogen-bond donors (Lipinski definition) is 2. The van der Waals surface area contributed by atoms with Crippen LogP contribution >= 0.6 is 0 Å². The Bertz CT molecular complexity index is 1580. The summed E-state index contributed by atoms with van der Waals surface area (Å²) >= 11 is 0. The second-order valence-electron chi connectivity index (χ2n) is 9.76. The summed E-state index contributed by atoms with van der Waals surface area (Å²) in [5.74, 6) is -0.898. The average molecular weight is 556 g/mol. The van der Waals surface area contributed by atoms with Gasteiger partial charge in [0.15, 0.2) is 0 Å². The van der Waals surface area contributed by atoms with E-state index in [9.17, 15) is 18.0 Å². The lowest BCUT2D eigenvalue weighted by Gasteiger charge is -2.25. The highest BCUT2D eigenvalue weighted by atomic mass is 32.2. The van der Waals surface area contributed by atoms with Crippen molar-refractivity contribution in [3.8, 4) is 0 Å². The normalized spacial score (nSPS) is 11.1. The molecule has 0 unspecified atom stereocenters. The van der Waals surface area contributed by atoms with Crippen LogP contribution in [0, 0.1) is 20.8 Å². The highest BCUT2D eigenvalue weighted by Crippen LogP contribution is 2.26. The maximum Gasteiger partial charge on any atom is 0.264 e. The van der Waals surface area contributed by atoms with Crippen LogP contribution in [-0.4, -0.2) is 33.3 Å². The van der Waals surface area contributed by atoms with Crippen molar-refractivity contribution in [2.45, 2.75) is 32.1 Å². The predicted octanol–water partition coefficient (Wildman–Crippen LogP) is 5.42. The molecule has 2 amide bonds. The van der Waals surface area contributed by atoms with Gasteiger partial charge in [0.1, 0.15) is 6.54 Å². The number of anilines is 2. The Labute approximate surface area is 235 Å². The Balaban J connectivity index is 1.55. The van der Waals surface area contributed by atoms with E-state index in [-0.39, 0.29) is 10.8 Å². The summed E-state index contributed by atoms with van der Waals surface area (Å²) in [5, 5.41) is 5.65. The zero-order valence-corrected chi connectivity index (χ0v) is 23.7. The lowest BCUT2D eigenvalue weighted by Crippen LogP contribution is -2.38. The number of nitrogens with zero attached hydrogens (tertiary/aromatic N) is 1. The van der Waals surface area contributed by atoms with E-state index in [2.05, 4.69) is 10.6 Å². The van der Waals surface area contributed by atoms with E-state index >= 15 is 0 Å². The topological polar surface area (TPSA) is 95.6 Å². The Kier molecular flexibility index (Phi) is 9.01. The van der Waals surface area contributed by atoms with Gasteiger partial charge in [-0.15, -0.1) is 0 Å². The third-order valence-corrected chi connectivity index (χ3v) is 8.17. The summed E-state index contributed by atoms with van der Waals surface area (Å²) in [6.07, 6.45) is 0.669. The number of nitrogens with one attached hydrogen (secondary N) is 2. The summed E-state index contributed by atoms with van der Waals surface area (Å²) in [6, 6.07) is 28.4. The molecule has 0 saturated carbocycles. The van der Waals surface area contributed by atoms with Crippen LogP contribution in [0.25, 0.3) is 0 Å². The van der Waals surface area contributed by atoms with Gasteiger partial charge in [-0.25, -0.2) is 8.42 Å². The van der Waals surface area contributed by atoms with Crippen molar-refractivity contribution in [2.24, 2.45) is 0 Å². The zero-order valence-electron chi connectivity index (χ0n) is 22.8. The van der Waals surface area contributed by atoms with E-state index in [1.165, 1.54) is 12.1 Å². The maximum atomic E-state index is 13.7. The first kappa shape index (κ1) is 28.6. The SMILES string of the molecule is Cc1ccc(S(=O)(=O)N(CC(=O)Nc2ccccc2C(=O)NCCc2ccccc2)c2cc(C)cc(C)c2)cc1. The van der Waals surface area contributed by atoms with Crippen molar-refractivity contribution >= 4 is 33.2 Å². The minimum absolute atomic E-state index is 0.0863. The van der Waals surface area contributed by atoms with Crippen molar-refractivity contribution in [1.29, 1.82) is 0 Å². The van der Waals surface area contributed by atoms with Crippen molar-refractivity contribution in [3.63, 3.8) is 0 Å². The van der Waals surface area contributed by atoms with Crippen LogP contribution in [0.4, 0.5) is 11.4 Å². The molecule has 4 rings (SSSR count). The molecule has 40 heavy (non-hydrogen) atoms. The Morgan fingerprint density at radius 1 is 0.750 bits per heavy atom. The quantitative estimate of drug-likeness (QED) is 0.273. The molecule has 0 radical (unpaired) electrons. The van der Waals surface area contributed by atoms with Gasteiger partial charge >= 0.3 is 0 Å². The average Bonchev–Trinajstić information content (AvgIpc) is 2.92. The number of hydrogen-bond acceptors (Lipinski definition) is 4. The van der Waals surface area contributed by atoms with Crippen molar-refractivity contribution in [2.75, 3.05) is 22.7 Å². The summed E-state index contributed by atoms with van der Waals surface area (Å²) < 4.78 is 28.6. The summed E-state index contributed by atoms with van der Waals surface area (Å²) in [6.45, 7) is 5.59. The van der Waals surface area contributed by atoms with Gasteiger partial charge in [0, 0.05) is 6.54 Å². The fourth-order valence-corrected chi connectivity index (χ4v) is 5.82. The molecule has 0 spiro atoms. The standard InChI is InChI=1S/C32H33N3O4S/c1-23-13-15-28(16-14-23)40(38,39)35(27-20-24(2)19-25(3)21-27)22-31(36)34-30-12-8-7-11-29(30)32(37)33-18-17-26-9-5-4-6-10-26/h4-16,19-21H,17-18,22H2,1-3H3,(H,33,37)(H,34,36). The fourth-order valence-electron chi connectivity index (χ4n) is 4.42. The largest absolute Gasteiger partial charge is 0.352 e. The predicted molar refractivity (Wildman–Crippen MR) is 159 cm³/mol. The van der Waals surface area contributed by atoms with Crippen LogP contribution in [0.3, 0.4) is 0 Å². The Morgan fingerprint density at radius 2 is 1.38 bits per heavy atom. The van der Waals surface area contributed by atoms with Crippen LogP contribution in [0.15, 0.2) is 102 Å². The first-order chi connectivity index (χ1) is 19.1. The van der Waals surface area contributed by atoms with Gasteiger partial charge in [-0.3, -0.25) is 13.9 Å². The van der Waals surface area contributed by atoms with Gasteiger partial charge in [0.05, 0.1) is 21.8 Å². The number of carbonyl (C=O) groups excluding carboxylic acids is 2. The van der Waals surface area contributed by atoms with E-state index in [4.69, 9.17) is 0 Å². The molecule has 7 nitrogen and oxygen atoms in total. The highest BCUT2D eigenvalue weighted by molar-refractivity contribution is 7.92. The molecular weight excluding hydrogens is 522 g/mol. The van der Waals surface area contributed by atoms with E-state index in [1.54, 1.807) is 48.5 Å². The number of rotatable bonds is 10. The van der Waals surface area contributed by atoms with Crippen LogP contribution in [-0.2, 0) is 21.2 Å². The van der Waals surface area contributed by atoms with Crippen LogP contribution in [0.2, 0.25) is 0 Å². The molecule has 0 saturated heterocycles. The molecule has 0 aromatic heterocycles. The number of amides is 2. The van der Waals surface area contributed by atoms with Gasteiger partial charge in [-0.1, -0.05) is 66.2 Å². The summed E-state index contributed by atoms with van der Waals surface area (Å²) in [5.41, 5.74) is 4.76. The molecule has 0 atom stereocenters. The third-order valence-electron chi connectivity index (χ3n) is 6.38. The molecule has 0 fully saturated rings. The first-order valence-corrected chi connectivity index (χ1v) is 14.5. The number of para-hydroxylation sites is 1. The summed E-state index contributed by atoms with van der Waals surface area (Å²) in [7, 11) is -4.06. The second kappa shape index (κ2) is 12.6. The lowest BCUT2D eigenvalue weighted by molar-refractivity contribution is -0.114. The zero-order chi connectivity index (χ0) is 28.7. The van der Waals surface area contributed by atoms with Crippen molar-refractivity contribution < 1.29 is 18.0 Å². The third kappa shape index (κ3) is 7.15. The Morgan fingerprint density at radius 3 is 2.05 bits per heavy atom. The minimum atomic E-state index is -4.06. The van der Waals surface area contributed by atoms with E-state index < -0.39 is 22.5 Å². The number of benzene rings is 4. The molecule has 0 bridgehead atoms. The lowest BCUT2D eigenvalue weighted by atomic mass is 10.1. The molecule has 0 aliphatic rings. The van der Waals surface area contributed by atoms with Gasteiger partial charge < -0.3 is 10.6 Å². The van der Waals surface area contributed by atoms with Gasteiger partial charge in [0.25, 0.3) is 15.9 Å². The van der Waals surface area contributed by atoms with Crippen LogP contribution < -0.4 is 14.9 Å². The van der Waals surface area contributed by atoms with Gasteiger partial charge in [0.2, 0.25) is 5.91 Å². The van der Waals surface area contributed by atoms with Crippen LogP contribution in [0.1, 0.15) is 32.6 Å². The summed E-state index contributed by atoms with van der Waals surface area (Å²) in [4.78, 5) is 26.4. The monoisotopic (exact) mass is 555 g/mol. The molecule has 4 aromatic carbocycles. The van der Waals surface area contributed by atoms with Crippen molar-refractivity contribution in [3.05, 3.63) is 125 Å². The molecule has 0 aliphatic carbocycles. The van der Waals surface area contributed by atoms with Gasteiger partial charge in [-0.2, -0.15) is 0 Å². The molecule has 4 aromatic rings. The molecular formula is C32H33N3O4S. The molecule has 0 aliphatic heterocycles. The second-order valence-corrected chi connectivity index (χ2v) is 11.6. The Hall–Kier alpha value is -4.43. The van der Waals surface area contributed by atoms with E-state index in [0.717, 1.165) is 26.6 Å². The number of carbonyl (C=O) groups is 2. The molecule has 206 valence electrons. The van der Waals surface area contributed by atoms with Crippen molar-refractivity contribution in [1.82, 2.24) is 5.32 Å². The molecule has 0 heterocycles. The maximum absolute atomic E-state index is 13.7. The fraction of sp³-hybridized carbons (Fsp3) is 0.188. The number of aryl methyl sites for hydroxylation is 3. The van der Waals surface area contributed by atoms with E-state index in [1.807, 2.05) is 57.2 Å². The minimum Gasteiger partial charge on any atom is -0.352 e. The van der Waals surface area contributed by atoms with Gasteiger partial charge in [-0.05, 0) is 80.3 Å². The smallest absolute Gasteiger partial charge is 0.264 e. The highest BCUT2D eigenvalue weighted by Gasteiger charge is 2.28. The first-order valence-electron chi connectivity index (χ1n) is 13.0. The molecule has 2 N–H and O–H groups in total. The van der Waals surface area contributed by atoms with Crippen LogP contribution in [0.5, 0.6) is 0 Å². The number of sulfonamides is 1. The van der Waals surface area contributed by atoms with E-state index in [0.29, 0.717) is 29.9 Å².